The van der Waals surface area contributed by atoms with E-state index < -0.39 is 17.3 Å². The van der Waals surface area contributed by atoms with E-state index in [1.54, 1.807) is 37.3 Å². The Morgan fingerprint density at radius 3 is 2.76 bits per heavy atom. The van der Waals surface area contributed by atoms with Gasteiger partial charge >= 0.3 is 0 Å². The molecule has 0 bridgehead atoms. The molecule has 1 amide bonds. The molecule has 6 nitrogen and oxygen atoms in total. The topological polar surface area (TPSA) is 94.5 Å². The molecule has 0 spiro atoms. The third-order valence-electron chi connectivity index (χ3n) is 4.34. The molecule has 2 aromatic rings. The molecule has 2 heterocycles. The Bertz CT molecular complexity index is 864. The fourth-order valence-corrected chi connectivity index (χ4v) is 3.12. The molecule has 0 radical (unpaired) electrons. The lowest BCUT2D eigenvalue weighted by atomic mass is 9.89. The van der Waals surface area contributed by atoms with Crippen LogP contribution >= 0.6 is 0 Å². The molecule has 0 fully saturated rings. The summed E-state index contributed by atoms with van der Waals surface area (Å²) in [6.45, 7) is 2.04. The van der Waals surface area contributed by atoms with Gasteiger partial charge in [-0.15, -0.1) is 0 Å². The summed E-state index contributed by atoms with van der Waals surface area (Å²) in [5.41, 5.74) is -0.925. The van der Waals surface area contributed by atoms with Crippen molar-refractivity contribution in [1.82, 2.24) is 0 Å². The fourth-order valence-electron chi connectivity index (χ4n) is 3.12. The van der Waals surface area contributed by atoms with Crippen molar-refractivity contribution in [3.63, 3.8) is 0 Å². The molecular weight excluding hydrogens is 320 g/mol. The highest BCUT2D eigenvalue weighted by atomic mass is 16.3. The van der Waals surface area contributed by atoms with Crippen LogP contribution in [0.1, 0.15) is 41.1 Å². The van der Waals surface area contributed by atoms with E-state index in [4.69, 9.17) is 9.68 Å². The van der Waals surface area contributed by atoms with Crippen molar-refractivity contribution in [2.75, 3.05) is 11.4 Å². The van der Waals surface area contributed by atoms with Crippen LogP contribution < -0.4 is 4.90 Å². The summed E-state index contributed by atoms with van der Waals surface area (Å²) in [7, 11) is 0. The van der Waals surface area contributed by atoms with Gasteiger partial charge in [0.1, 0.15) is 5.76 Å². The highest BCUT2D eigenvalue weighted by molar-refractivity contribution is 6.10. The number of aliphatic hydroxyl groups is 1. The number of amides is 1. The number of fused-ring (bicyclic) bond motifs is 1. The highest BCUT2D eigenvalue weighted by Gasteiger charge is 2.50. The van der Waals surface area contributed by atoms with Gasteiger partial charge < -0.3 is 14.4 Å². The number of carbonyl (C=O) groups excluding carboxylic acids is 2. The molecule has 128 valence electrons. The molecule has 6 heteroatoms. The summed E-state index contributed by atoms with van der Waals surface area (Å²) in [6, 6.07) is 12.1. The SMILES string of the molecule is Cc1ccc(C(=O)C[C@@]2(O)C(=O)N(CCCC#N)c3ccccc32)o1. The van der Waals surface area contributed by atoms with Crippen LogP contribution in [0.2, 0.25) is 0 Å². The number of ketones is 1. The van der Waals surface area contributed by atoms with Crippen molar-refractivity contribution in [3.05, 3.63) is 53.5 Å². The number of Topliss-reactive ketones (excluding diaryl/α,β-unsaturated/α-hetero) is 1. The molecule has 0 saturated heterocycles. The number of para-hydroxylation sites is 1. The molecule has 1 aliphatic rings. The zero-order valence-corrected chi connectivity index (χ0v) is 13.9. The molecule has 1 aromatic heterocycles. The quantitative estimate of drug-likeness (QED) is 0.645. The van der Waals surface area contributed by atoms with Gasteiger partial charge in [0, 0.05) is 18.5 Å². The van der Waals surface area contributed by atoms with Crippen LogP contribution in [0.25, 0.3) is 0 Å². The molecule has 0 aliphatic carbocycles. The second-order valence-corrected chi connectivity index (χ2v) is 6.11. The zero-order valence-electron chi connectivity index (χ0n) is 13.9. The summed E-state index contributed by atoms with van der Waals surface area (Å²) < 4.78 is 5.31. The Morgan fingerprint density at radius 2 is 2.08 bits per heavy atom. The Morgan fingerprint density at radius 1 is 1.32 bits per heavy atom. The van der Waals surface area contributed by atoms with Gasteiger partial charge in [0.25, 0.3) is 5.91 Å². The van der Waals surface area contributed by atoms with E-state index in [9.17, 15) is 14.7 Å². The minimum absolute atomic E-state index is 0.124. The lowest BCUT2D eigenvalue weighted by Crippen LogP contribution is -2.42. The van der Waals surface area contributed by atoms with Crippen LogP contribution in [0.4, 0.5) is 5.69 Å². The first-order valence-electron chi connectivity index (χ1n) is 8.08. The zero-order chi connectivity index (χ0) is 18.0. The number of hydrogen-bond acceptors (Lipinski definition) is 5. The predicted octanol–water partition coefficient (Wildman–Crippen LogP) is 2.70. The third-order valence-corrected chi connectivity index (χ3v) is 4.34. The van der Waals surface area contributed by atoms with Gasteiger partial charge in [-0.1, -0.05) is 18.2 Å². The average molecular weight is 338 g/mol. The van der Waals surface area contributed by atoms with Crippen LogP contribution in [0.3, 0.4) is 0 Å². The summed E-state index contributed by atoms with van der Waals surface area (Å²) in [4.78, 5) is 26.8. The van der Waals surface area contributed by atoms with E-state index in [0.29, 0.717) is 36.4 Å². The second-order valence-electron chi connectivity index (χ2n) is 6.11. The molecule has 1 atom stereocenters. The maximum Gasteiger partial charge on any atom is 0.264 e. The van der Waals surface area contributed by atoms with Gasteiger partial charge in [0.15, 0.2) is 11.4 Å². The number of carbonyl (C=O) groups is 2. The largest absolute Gasteiger partial charge is 0.458 e. The van der Waals surface area contributed by atoms with E-state index in [1.807, 2.05) is 6.07 Å². The monoisotopic (exact) mass is 338 g/mol. The van der Waals surface area contributed by atoms with Gasteiger partial charge in [0.05, 0.1) is 18.2 Å². The molecular formula is C19H18N2O4. The summed E-state index contributed by atoms with van der Waals surface area (Å²) in [5, 5.41) is 19.8. The van der Waals surface area contributed by atoms with E-state index in [1.165, 1.54) is 11.0 Å². The summed E-state index contributed by atoms with van der Waals surface area (Å²) >= 11 is 0. The van der Waals surface area contributed by atoms with Crippen LogP contribution in [-0.2, 0) is 10.4 Å². The van der Waals surface area contributed by atoms with Gasteiger partial charge in [-0.05, 0) is 31.5 Å². The van der Waals surface area contributed by atoms with Gasteiger partial charge in [-0.2, -0.15) is 5.26 Å². The average Bonchev–Trinajstić information content (AvgIpc) is 3.12. The highest BCUT2D eigenvalue weighted by Crippen LogP contribution is 2.42. The summed E-state index contributed by atoms with van der Waals surface area (Å²) in [5.74, 6) is -0.258. The minimum atomic E-state index is -1.92. The number of anilines is 1. The Kier molecular flexibility index (Phi) is 4.43. The molecule has 3 rings (SSSR count). The molecule has 1 aromatic carbocycles. The van der Waals surface area contributed by atoms with Crippen molar-refractivity contribution in [3.8, 4) is 6.07 Å². The van der Waals surface area contributed by atoms with Crippen LogP contribution in [0.5, 0.6) is 0 Å². The summed E-state index contributed by atoms with van der Waals surface area (Å²) in [6.07, 6.45) is 0.428. The molecule has 0 saturated carbocycles. The van der Waals surface area contributed by atoms with E-state index in [0.717, 1.165) is 0 Å². The molecule has 25 heavy (non-hydrogen) atoms. The van der Waals surface area contributed by atoms with E-state index in [2.05, 4.69) is 0 Å². The number of rotatable bonds is 6. The minimum Gasteiger partial charge on any atom is -0.458 e. The number of furan rings is 1. The Balaban J connectivity index is 1.91. The van der Waals surface area contributed by atoms with Crippen molar-refractivity contribution < 1.29 is 19.1 Å². The smallest absolute Gasteiger partial charge is 0.264 e. The van der Waals surface area contributed by atoms with Crippen molar-refractivity contribution in [2.24, 2.45) is 0 Å². The number of hydrogen-bond donors (Lipinski definition) is 1. The fraction of sp³-hybridized carbons (Fsp3) is 0.316. The van der Waals surface area contributed by atoms with E-state index in [-0.39, 0.29) is 12.2 Å². The number of unbranched alkanes of at least 4 members (excludes halogenated alkanes) is 1. The lowest BCUT2D eigenvalue weighted by molar-refractivity contribution is -0.135. The van der Waals surface area contributed by atoms with Crippen LogP contribution in [0.15, 0.2) is 40.8 Å². The maximum absolute atomic E-state index is 12.9. The second kappa shape index (κ2) is 6.54. The maximum atomic E-state index is 12.9. The Hall–Kier alpha value is -2.91. The van der Waals surface area contributed by atoms with E-state index >= 15 is 0 Å². The van der Waals surface area contributed by atoms with Crippen molar-refractivity contribution in [2.45, 2.75) is 31.8 Å². The Labute approximate surface area is 145 Å². The first-order chi connectivity index (χ1) is 12.0. The van der Waals surface area contributed by atoms with Crippen molar-refractivity contribution >= 4 is 17.4 Å². The number of benzene rings is 1. The van der Waals surface area contributed by atoms with Crippen LogP contribution in [-0.4, -0.2) is 23.3 Å². The first kappa shape index (κ1) is 16.9. The van der Waals surface area contributed by atoms with Gasteiger partial charge in [-0.25, -0.2) is 0 Å². The number of nitriles is 1. The van der Waals surface area contributed by atoms with Crippen LogP contribution in [0, 0.1) is 18.3 Å². The molecule has 1 N–H and O–H groups in total. The predicted molar refractivity (Wildman–Crippen MR) is 89.9 cm³/mol. The first-order valence-corrected chi connectivity index (χ1v) is 8.08. The third kappa shape index (κ3) is 2.94. The molecule has 1 aliphatic heterocycles. The normalized spacial score (nSPS) is 18.9. The van der Waals surface area contributed by atoms with Gasteiger partial charge in [-0.3, -0.25) is 9.59 Å². The van der Waals surface area contributed by atoms with Gasteiger partial charge in [0.2, 0.25) is 5.78 Å². The van der Waals surface area contributed by atoms with Crippen molar-refractivity contribution in [1.29, 1.82) is 5.26 Å². The standard InChI is InChI=1S/C19H18N2O4/c1-13-8-9-17(25-13)16(22)12-19(24)14-6-2-3-7-15(14)21(18(19)23)11-5-4-10-20/h2-3,6-9,24H,4-5,11-12H2,1H3/t19-/m0/s1. The molecule has 0 unspecified atom stereocenters. The number of nitrogens with zero attached hydrogens (tertiary/aromatic N) is 2. The number of aryl methyl sites for hydroxylation is 1. The lowest BCUT2D eigenvalue weighted by Gasteiger charge is -2.22.